The summed E-state index contributed by atoms with van der Waals surface area (Å²) in [5, 5.41) is 1.12. The molecule has 1 aliphatic heterocycles. The SMILES string of the molecule is O=S1(=O)CCCCC1C(Cl)c1ccc(Br)c2ccccc12. The van der Waals surface area contributed by atoms with E-state index in [0.717, 1.165) is 33.7 Å². The Morgan fingerprint density at radius 3 is 2.52 bits per heavy atom. The molecule has 0 bridgehead atoms. The Morgan fingerprint density at radius 1 is 1.10 bits per heavy atom. The predicted octanol–water partition coefficient (Wildman–Crippen LogP) is 4.85. The van der Waals surface area contributed by atoms with E-state index < -0.39 is 20.5 Å². The smallest absolute Gasteiger partial charge is 0.154 e. The Morgan fingerprint density at radius 2 is 1.81 bits per heavy atom. The van der Waals surface area contributed by atoms with Crippen LogP contribution in [0.1, 0.15) is 30.2 Å². The van der Waals surface area contributed by atoms with Crippen molar-refractivity contribution < 1.29 is 8.42 Å². The van der Waals surface area contributed by atoms with Crippen LogP contribution in [0.25, 0.3) is 10.8 Å². The lowest BCUT2D eigenvalue weighted by molar-refractivity contribution is 0.534. The van der Waals surface area contributed by atoms with E-state index in [1.54, 1.807) is 0 Å². The number of rotatable bonds is 2. The maximum Gasteiger partial charge on any atom is 0.154 e. The fourth-order valence-electron chi connectivity index (χ4n) is 3.03. The van der Waals surface area contributed by atoms with Crippen molar-refractivity contribution in [2.75, 3.05) is 5.75 Å². The summed E-state index contributed by atoms with van der Waals surface area (Å²) >= 11 is 10.1. The maximum atomic E-state index is 12.3. The second-order valence-electron chi connectivity index (χ2n) is 5.49. The third kappa shape index (κ3) is 2.86. The molecule has 1 saturated heterocycles. The molecule has 5 heteroatoms. The lowest BCUT2D eigenvalue weighted by atomic mass is 9.98. The molecule has 0 radical (unpaired) electrons. The van der Waals surface area contributed by atoms with Gasteiger partial charge in [-0.3, -0.25) is 0 Å². The summed E-state index contributed by atoms with van der Waals surface area (Å²) in [5.41, 5.74) is 0.908. The first-order chi connectivity index (χ1) is 10.0. The third-order valence-corrected chi connectivity index (χ3v) is 7.83. The van der Waals surface area contributed by atoms with Crippen LogP contribution in [0.5, 0.6) is 0 Å². The summed E-state index contributed by atoms with van der Waals surface area (Å²) in [4.78, 5) is 0. The van der Waals surface area contributed by atoms with Crippen LogP contribution >= 0.6 is 27.5 Å². The molecule has 2 nitrogen and oxygen atoms in total. The van der Waals surface area contributed by atoms with Gasteiger partial charge in [0, 0.05) is 4.47 Å². The van der Waals surface area contributed by atoms with Crippen molar-refractivity contribution in [3.05, 3.63) is 46.4 Å². The van der Waals surface area contributed by atoms with E-state index in [0.29, 0.717) is 6.42 Å². The zero-order valence-electron chi connectivity index (χ0n) is 11.4. The van der Waals surface area contributed by atoms with Crippen LogP contribution < -0.4 is 0 Å². The molecule has 0 N–H and O–H groups in total. The zero-order chi connectivity index (χ0) is 15.0. The molecule has 21 heavy (non-hydrogen) atoms. The highest BCUT2D eigenvalue weighted by Crippen LogP contribution is 2.39. The lowest BCUT2D eigenvalue weighted by Crippen LogP contribution is -2.32. The molecule has 0 aliphatic carbocycles. The van der Waals surface area contributed by atoms with Crippen molar-refractivity contribution in [3.8, 4) is 0 Å². The molecule has 0 amide bonds. The van der Waals surface area contributed by atoms with E-state index >= 15 is 0 Å². The lowest BCUT2D eigenvalue weighted by Gasteiger charge is -2.27. The second kappa shape index (κ2) is 5.90. The van der Waals surface area contributed by atoms with E-state index in [4.69, 9.17) is 11.6 Å². The first kappa shape index (κ1) is 15.3. The third-order valence-electron chi connectivity index (χ3n) is 4.16. The van der Waals surface area contributed by atoms with Crippen LogP contribution in [0.15, 0.2) is 40.9 Å². The van der Waals surface area contributed by atoms with E-state index in [1.807, 2.05) is 36.4 Å². The maximum absolute atomic E-state index is 12.3. The van der Waals surface area contributed by atoms with Crippen molar-refractivity contribution in [2.45, 2.75) is 29.9 Å². The Kier molecular flexibility index (Phi) is 4.30. The first-order valence-electron chi connectivity index (χ1n) is 7.03. The fraction of sp³-hybridized carbons (Fsp3) is 0.375. The van der Waals surface area contributed by atoms with Crippen LogP contribution in [0.2, 0.25) is 0 Å². The van der Waals surface area contributed by atoms with E-state index in [9.17, 15) is 8.42 Å². The number of alkyl halides is 1. The van der Waals surface area contributed by atoms with E-state index in [-0.39, 0.29) is 5.75 Å². The minimum Gasteiger partial charge on any atom is -0.228 e. The Bertz CT molecular complexity index is 773. The Hall–Kier alpha value is -0.580. The van der Waals surface area contributed by atoms with Crippen molar-refractivity contribution in [1.29, 1.82) is 0 Å². The van der Waals surface area contributed by atoms with Crippen LogP contribution in [0.3, 0.4) is 0 Å². The van der Waals surface area contributed by atoms with Gasteiger partial charge in [-0.05, 0) is 35.2 Å². The van der Waals surface area contributed by atoms with Gasteiger partial charge in [-0.25, -0.2) is 8.42 Å². The molecule has 2 aromatic rings. The standard InChI is InChI=1S/C16H16BrClO2S/c17-14-9-8-13(11-5-1-2-6-12(11)14)16(18)15-7-3-4-10-21(15,19)20/h1-2,5-6,8-9,15-16H,3-4,7,10H2. The van der Waals surface area contributed by atoms with Gasteiger partial charge in [-0.2, -0.15) is 0 Å². The summed E-state index contributed by atoms with van der Waals surface area (Å²) < 4.78 is 25.6. The highest BCUT2D eigenvalue weighted by atomic mass is 79.9. The topological polar surface area (TPSA) is 34.1 Å². The molecule has 112 valence electrons. The molecule has 1 fully saturated rings. The van der Waals surface area contributed by atoms with Crippen LogP contribution in [-0.4, -0.2) is 19.4 Å². The number of sulfone groups is 1. The van der Waals surface area contributed by atoms with Crippen molar-refractivity contribution >= 4 is 48.1 Å². The monoisotopic (exact) mass is 386 g/mol. The highest BCUT2D eigenvalue weighted by Gasteiger charge is 2.36. The number of benzene rings is 2. The fourth-order valence-corrected chi connectivity index (χ4v) is 6.24. The van der Waals surface area contributed by atoms with Gasteiger partial charge in [0.1, 0.15) is 0 Å². The van der Waals surface area contributed by atoms with Gasteiger partial charge >= 0.3 is 0 Å². The van der Waals surface area contributed by atoms with Gasteiger partial charge < -0.3 is 0 Å². The largest absolute Gasteiger partial charge is 0.228 e. The number of fused-ring (bicyclic) bond motifs is 1. The summed E-state index contributed by atoms with van der Waals surface area (Å²) in [6, 6.07) is 11.8. The Balaban J connectivity index is 2.10. The van der Waals surface area contributed by atoms with Crippen molar-refractivity contribution in [2.24, 2.45) is 0 Å². The minimum atomic E-state index is -3.09. The molecule has 0 spiro atoms. The predicted molar refractivity (Wildman–Crippen MR) is 91.7 cm³/mol. The van der Waals surface area contributed by atoms with Gasteiger partial charge in [0.25, 0.3) is 0 Å². The molecule has 2 aromatic carbocycles. The minimum absolute atomic E-state index is 0.259. The average Bonchev–Trinajstić information content (AvgIpc) is 2.47. The van der Waals surface area contributed by atoms with Gasteiger partial charge in [0.15, 0.2) is 9.84 Å². The zero-order valence-corrected chi connectivity index (χ0v) is 14.6. The van der Waals surface area contributed by atoms with E-state index in [2.05, 4.69) is 15.9 Å². The van der Waals surface area contributed by atoms with Gasteiger partial charge in [0.05, 0.1) is 16.4 Å². The molecule has 3 rings (SSSR count). The first-order valence-corrected chi connectivity index (χ1v) is 9.98. The van der Waals surface area contributed by atoms with Gasteiger partial charge in [-0.1, -0.05) is 52.7 Å². The summed E-state index contributed by atoms with van der Waals surface area (Å²) in [6.07, 6.45) is 2.34. The summed E-state index contributed by atoms with van der Waals surface area (Å²) in [5.74, 6) is 0.259. The van der Waals surface area contributed by atoms with Gasteiger partial charge in [0.2, 0.25) is 0 Å². The number of hydrogen-bond donors (Lipinski definition) is 0. The second-order valence-corrected chi connectivity index (χ2v) is 9.15. The summed E-state index contributed by atoms with van der Waals surface area (Å²) in [6.45, 7) is 0. The van der Waals surface area contributed by atoms with E-state index in [1.165, 1.54) is 0 Å². The van der Waals surface area contributed by atoms with Crippen LogP contribution in [-0.2, 0) is 9.84 Å². The highest BCUT2D eigenvalue weighted by molar-refractivity contribution is 9.10. The molecule has 2 atom stereocenters. The van der Waals surface area contributed by atoms with Crippen LogP contribution in [0.4, 0.5) is 0 Å². The molecule has 0 saturated carbocycles. The molecular formula is C16H16BrClO2S. The van der Waals surface area contributed by atoms with Crippen molar-refractivity contribution in [1.82, 2.24) is 0 Å². The average molecular weight is 388 g/mol. The Labute approximate surface area is 138 Å². The molecular weight excluding hydrogens is 372 g/mol. The molecule has 2 unspecified atom stereocenters. The van der Waals surface area contributed by atoms with Gasteiger partial charge in [-0.15, -0.1) is 11.6 Å². The normalized spacial score (nSPS) is 23.0. The van der Waals surface area contributed by atoms with Crippen LogP contribution in [0, 0.1) is 0 Å². The quantitative estimate of drug-likeness (QED) is 0.690. The number of halogens is 2. The summed E-state index contributed by atoms with van der Waals surface area (Å²) in [7, 11) is -3.09. The number of hydrogen-bond acceptors (Lipinski definition) is 2. The molecule has 1 aliphatic rings. The van der Waals surface area contributed by atoms with Crippen molar-refractivity contribution in [3.63, 3.8) is 0 Å². The molecule has 1 heterocycles. The molecule has 0 aromatic heterocycles.